The van der Waals surface area contributed by atoms with Crippen molar-refractivity contribution < 1.29 is 19.1 Å². The summed E-state index contributed by atoms with van der Waals surface area (Å²) in [6, 6.07) is 12.1. The first-order chi connectivity index (χ1) is 21.1. The molecule has 244 valence electrons. The largest absolute Gasteiger partial charge is 0.469 e. The SMILES string of the molecule is COC(=O)C[C@H](C)NC(=O)c1ccc([C@@H](CCC(C)C)N2C(=O)C(c3cc(Cl)cc(Cl)c3)=NC23CCC(C(C)(C)C)CC3)cc1. The molecule has 2 aromatic carbocycles. The van der Waals surface area contributed by atoms with E-state index in [1.165, 1.54) is 7.11 Å². The Balaban J connectivity index is 1.71. The summed E-state index contributed by atoms with van der Waals surface area (Å²) in [4.78, 5) is 46.5. The van der Waals surface area contributed by atoms with Crippen LogP contribution in [0.3, 0.4) is 0 Å². The van der Waals surface area contributed by atoms with Crippen LogP contribution in [-0.2, 0) is 14.3 Å². The van der Waals surface area contributed by atoms with Crippen molar-refractivity contribution in [1.29, 1.82) is 0 Å². The van der Waals surface area contributed by atoms with Crippen LogP contribution in [0.4, 0.5) is 0 Å². The number of nitrogens with one attached hydrogen (secondary N) is 1. The number of hydrogen-bond acceptors (Lipinski definition) is 5. The minimum Gasteiger partial charge on any atom is -0.469 e. The molecule has 2 aromatic rings. The van der Waals surface area contributed by atoms with Crippen LogP contribution in [-0.4, -0.2) is 47.2 Å². The lowest BCUT2D eigenvalue weighted by atomic mass is 9.69. The summed E-state index contributed by atoms with van der Waals surface area (Å²) in [6.07, 6.45) is 5.26. The number of esters is 1. The monoisotopic (exact) mass is 655 g/mol. The maximum absolute atomic E-state index is 14.6. The molecule has 1 aliphatic carbocycles. The fraction of sp³-hybridized carbons (Fsp3) is 0.556. The second-order valence-corrected chi connectivity index (χ2v) is 15.1. The molecular formula is C36H47Cl2N3O4. The standard InChI is InChI=1S/C36H47Cl2N3O4/c1-22(2)8-13-30(24-9-11-25(12-10-24)33(43)39-23(3)18-31(42)45-7)41-34(44)32(26-19-28(37)21-29(38)20-26)40-36(41)16-14-27(15-17-36)35(4,5)6/h9-12,19-23,27,30H,8,13-18H2,1-7H3,(H,39,43)/t23-,27?,30+,36?/m0/s1. The average Bonchev–Trinajstić information content (AvgIpc) is 3.23. The second-order valence-electron chi connectivity index (χ2n) is 14.2. The Kier molecular flexibility index (Phi) is 11.1. The summed E-state index contributed by atoms with van der Waals surface area (Å²) in [5.41, 5.74) is 1.97. The Morgan fingerprint density at radius 2 is 1.62 bits per heavy atom. The maximum atomic E-state index is 14.6. The molecule has 2 aliphatic rings. The summed E-state index contributed by atoms with van der Waals surface area (Å²) in [7, 11) is 1.33. The van der Waals surface area contributed by atoms with Crippen molar-refractivity contribution in [3.05, 3.63) is 69.2 Å². The lowest BCUT2D eigenvalue weighted by molar-refractivity contribution is -0.141. The van der Waals surface area contributed by atoms with Crippen molar-refractivity contribution in [2.24, 2.45) is 22.2 Å². The van der Waals surface area contributed by atoms with Crippen LogP contribution < -0.4 is 5.32 Å². The van der Waals surface area contributed by atoms with Gasteiger partial charge in [-0.25, -0.2) is 0 Å². The first kappa shape index (κ1) is 35.0. The van der Waals surface area contributed by atoms with Crippen molar-refractivity contribution in [2.75, 3.05) is 7.11 Å². The first-order valence-corrected chi connectivity index (χ1v) is 16.8. The van der Waals surface area contributed by atoms with Gasteiger partial charge in [-0.15, -0.1) is 0 Å². The van der Waals surface area contributed by atoms with E-state index in [1.807, 2.05) is 17.0 Å². The van der Waals surface area contributed by atoms with E-state index >= 15 is 0 Å². The lowest BCUT2D eigenvalue weighted by Crippen LogP contribution is -2.51. The molecule has 1 spiro atoms. The number of hydrogen-bond donors (Lipinski definition) is 1. The summed E-state index contributed by atoms with van der Waals surface area (Å²) in [5.74, 6) is 0.206. The van der Waals surface area contributed by atoms with Gasteiger partial charge in [-0.2, -0.15) is 0 Å². The van der Waals surface area contributed by atoms with Crippen LogP contribution in [0.2, 0.25) is 10.0 Å². The summed E-state index contributed by atoms with van der Waals surface area (Å²) >= 11 is 12.8. The van der Waals surface area contributed by atoms with E-state index in [2.05, 4.69) is 39.9 Å². The molecule has 0 unspecified atom stereocenters. The smallest absolute Gasteiger partial charge is 0.307 e. The molecule has 9 heteroatoms. The zero-order valence-corrected chi connectivity index (χ0v) is 29.1. The molecule has 1 N–H and O–H groups in total. The van der Waals surface area contributed by atoms with Crippen LogP contribution in [0.1, 0.15) is 114 Å². The van der Waals surface area contributed by atoms with Crippen LogP contribution >= 0.6 is 23.2 Å². The zero-order chi connectivity index (χ0) is 33.1. The van der Waals surface area contributed by atoms with E-state index in [0.29, 0.717) is 38.7 Å². The number of rotatable bonds is 10. The molecule has 1 aliphatic heterocycles. The number of benzene rings is 2. The highest BCUT2D eigenvalue weighted by Gasteiger charge is 2.52. The molecule has 1 fully saturated rings. The van der Waals surface area contributed by atoms with Gasteiger partial charge < -0.3 is 15.0 Å². The molecular weight excluding hydrogens is 609 g/mol. The van der Waals surface area contributed by atoms with E-state index in [9.17, 15) is 14.4 Å². The number of halogens is 2. The van der Waals surface area contributed by atoms with E-state index in [0.717, 1.165) is 44.1 Å². The molecule has 0 aromatic heterocycles. The number of carbonyl (C=O) groups is 3. The van der Waals surface area contributed by atoms with Gasteiger partial charge in [0.25, 0.3) is 11.8 Å². The van der Waals surface area contributed by atoms with E-state index in [-0.39, 0.29) is 41.7 Å². The van der Waals surface area contributed by atoms with Gasteiger partial charge in [-0.3, -0.25) is 19.4 Å². The molecule has 0 bridgehead atoms. The van der Waals surface area contributed by atoms with E-state index < -0.39 is 5.66 Å². The van der Waals surface area contributed by atoms with Gasteiger partial charge in [0, 0.05) is 27.2 Å². The van der Waals surface area contributed by atoms with Gasteiger partial charge in [0.2, 0.25) is 0 Å². The number of amides is 2. The first-order valence-electron chi connectivity index (χ1n) is 16.0. The summed E-state index contributed by atoms with van der Waals surface area (Å²) in [5, 5.41) is 3.79. The molecule has 4 rings (SSSR count). The van der Waals surface area contributed by atoms with Crippen molar-refractivity contribution >= 4 is 46.7 Å². The minimum atomic E-state index is -0.677. The number of carbonyl (C=O) groups excluding carboxylic acids is 3. The normalized spacial score (nSPS) is 21.6. The van der Waals surface area contributed by atoms with Gasteiger partial charge in [0.1, 0.15) is 11.4 Å². The van der Waals surface area contributed by atoms with Crippen LogP contribution in [0.25, 0.3) is 0 Å². The molecule has 0 saturated heterocycles. The van der Waals surface area contributed by atoms with Gasteiger partial charge in [0.15, 0.2) is 0 Å². The highest BCUT2D eigenvalue weighted by atomic mass is 35.5. The van der Waals surface area contributed by atoms with Crippen molar-refractivity contribution in [3.63, 3.8) is 0 Å². The summed E-state index contributed by atoms with van der Waals surface area (Å²) in [6.45, 7) is 13.0. The predicted molar refractivity (Wildman–Crippen MR) is 181 cm³/mol. The second kappa shape index (κ2) is 14.3. The highest BCUT2D eigenvalue weighted by molar-refractivity contribution is 6.47. The Hall–Kier alpha value is -2.90. The number of aliphatic imine (C=N–C) groups is 1. The van der Waals surface area contributed by atoms with Crippen LogP contribution in [0, 0.1) is 17.3 Å². The third-order valence-corrected chi connectivity index (χ3v) is 9.74. The van der Waals surface area contributed by atoms with Crippen LogP contribution in [0.5, 0.6) is 0 Å². The molecule has 7 nitrogen and oxygen atoms in total. The molecule has 45 heavy (non-hydrogen) atoms. The topological polar surface area (TPSA) is 88.1 Å². The Morgan fingerprint density at radius 3 is 2.16 bits per heavy atom. The van der Waals surface area contributed by atoms with E-state index in [4.69, 9.17) is 32.9 Å². The number of methoxy groups -OCH3 is 1. The maximum Gasteiger partial charge on any atom is 0.307 e. The summed E-state index contributed by atoms with van der Waals surface area (Å²) < 4.78 is 4.72. The Labute approximate surface area is 278 Å². The van der Waals surface area contributed by atoms with Gasteiger partial charge in [-0.1, -0.05) is 70.0 Å². The highest BCUT2D eigenvalue weighted by Crippen LogP contribution is 2.50. The number of ether oxygens (including phenoxy) is 1. The fourth-order valence-corrected chi connectivity index (χ4v) is 7.23. The Bertz CT molecular complexity index is 1400. The molecule has 1 saturated carbocycles. The Morgan fingerprint density at radius 1 is 1.02 bits per heavy atom. The third kappa shape index (κ3) is 8.28. The molecule has 1 heterocycles. The average molecular weight is 657 g/mol. The zero-order valence-electron chi connectivity index (χ0n) is 27.6. The van der Waals surface area contributed by atoms with Gasteiger partial charge >= 0.3 is 5.97 Å². The van der Waals surface area contributed by atoms with Gasteiger partial charge in [0.05, 0.1) is 19.6 Å². The lowest BCUT2D eigenvalue weighted by Gasteiger charge is -2.47. The van der Waals surface area contributed by atoms with Gasteiger partial charge in [-0.05, 0) is 98.6 Å². The van der Waals surface area contributed by atoms with Crippen molar-refractivity contribution in [3.8, 4) is 0 Å². The quantitative estimate of drug-likeness (QED) is 0.260. The predicted octanol–water partition coefficient (Wildman–Crippen LogP) is 8.42. The van der Waals surface area contributed by atoms with Crippen molar-refractivity contribution in [1.82, 2.24) is 10.2 Å². The van der Waals surface area contributed by atoms with Crippen LogP contribution in [0.15, 0.2) is 47.5 Å². The molecule has 2 atom stereocenters. The van der Waals surface area contributed by atoms with Crippen molar-refractivity contribution in [2.45, 2.75) is 104 Å². The number of nitrogens with zero attached hydrogens (tertiary/aromatic N) is 2. The fourth-order valence-electron chi connectivity index (χ4n) is 6.71. The minimum absolute atomic E-state index is 0.0903. The molecule has 2 amide bonds. The molecule has 0 radical (unpaired) electrons. The third-order valence-electron chi connectivity index (χ3n) is 9.30. The van der Waals surface area contributed by atoms with E-state index in [1.54, 1.807) is 37.3 Å².